The molecule has 0 fully saturated rings. The monoisotopic (exact) mass is 919 g/mol. The average molecular weight is 919 g/mol. The van der Waals surface area contributed by atoms with Gasteiger partial charge in [-0.05, 0) is 175 Å². The first-order valence-corrected chi connectivity index (χ1v) is 26.4. The lowest BCUT2D eigenvalue weighted by atomic mass is 9.36. The van der Waals surface area contributed by atoms with E-state index in [-0.39, 0.29) is 33.8 Å². The lowest BCUT2D eigenvalue weighted by molar-refractivity contribution is 0.332. The van der Waals surface area contributed by atoms with Crippen LogP contribution in [0, 0.1) is 6.92 Å². The van der Waals surface area contributed by atoms with Gasteiger partial charge in [-0.2, -0.15) is 0 Å². The molecule has 4 aliphatic rings. The third kappa shape index (κ3) is 6.86. The van der Waals surface area contributed by atoms with Crippen LogP contribution < -0.4 is 25.5 Å². The first-order chi connectivity index (χ1) is 32.7. The first kappa shape index (κ1) is 44.4. The van der Waals surface area contributed by atoms with E-state index in [1.54, 1.807) is 0 Å². The smallest absolute Gasteiger partial charge is 0.264 e. The normalized spacial score (nSPS) is 18.0. The van der Waals surface area contributed by atoms with Crippen molar-refractivity contribution < 1.29 is 0 Å². The van der Waals surface area contributed by atoms with E-state index in [0.29, 0.717) is 0 Å². The molecule has 12 rings (SSSR count). The van der Waals surface area contributed by atoms with Crippen LogP contribution in [-0.4, -0.2) is 6.71 Å². The minimum atomic E-state index is 0.00321. The van der Waals surface area contributed by atoms with E-state index in [4.69, 9.17) is 0 Å². The van der Waals surface area contributed by atoms with Gasteiger partial charge in [-0.1, -0.05) is 161 Å². The van der Waals surface area contributed by atoms with E-state index >= 15 is 0 Å². The van der Waals surface area contributed by atoms with Gasteiger partial charge < -0.3 is 9.80 Å². The summed E-state index contributed by atoms with van der Waals surface area (Å²) in [4.78, 5) is 5.40. The van der Waals surface area contributed by atoms with Crippen LogP contribution in [0.5, 0.6) is 0 Å². The molecule has 2 aliphatic carbocycles. The largest absolute Gasteiger partial charge is 0.311 e. The highest BCUT2D eigenvalue weighted by atomic mass is 32.1. The number of thiophene rings is 1. The minimum absolute atomic E-state index is 0.00321. The Morgan fingerprint density at radius 2 is 1.07 bits per heavy atom. The zero-order valence-corrected chi connectivity index (χ0v) is 43.8. The molecule has 2 nitrogen and oxygen atoms in total. The minimum Gasteiger partial charge on any atom is -0.311 e. The van der Waals surface area contributed by atoms with Crippen LogP contribution in [0.1, 0.15) is 135 Å². The summed E-state index contributed by atoms with van der Waals surface area (Å²) in [6, 6.07) is 54.7. The van der Waals surface area contributed by atoms with Gasteiger partial charge in [0.2, 0.25) is 0 Å². The second-order valence-electron chi connectivity index (χ2n) is 24.8. The van der Waals surface area contributed by atoms with Crippen molar-refractivity contribution >= 4 is 78.0 Å². The zero-order valence-electron chi connectivity index (χ0n) is 43.0. The topological polar surface area (TPSA) is 6.48 Å². The van der Waals surface area contributed by atoms with Gasteiger partial charge in [-0.25, -0.2) is 0 Å². The number of nitrogens with zero attached hydrogens (tertiary/aromatic N) is 2. The Morgan fingerprint density at radius 3 is 1.71 bits per heavy atom. The van der Waals surface area contributed by atoms with Gasteiger partial charge in [0.25, 0.3) is 6.71 Å². The molecule has 0 N–H and O–H groups in total. The van der Waals surface area contributed by atoms with Crippen molar-refractivity contribution in [2.75, 3.05) is 9.80 Å². The van der Waals surface area contributed by atoms with Gasteiger partial charge in [-0.15, -0.1) is 11.3 Å². The number of rotatable bonds is 4. The third-order valence-electron chi connectivity index (χ3n) is 17.2. The lowest BCUT2D eigenvalue weighted by Gasteiger charge is -2.46. The molecule has 0 radical (unpaired) electrons. The van der Waals surface area contributed by atoms with Crippen LogP contribution in [0.3, 0.4) is 0 Å². The summed E-state index contributed by atoms with van der Waals surface area (Å²) in [5, 5.41) is 1.35. The molecule has 3 heterocycles. The molecular weight excluding hydrogens is 852 g/mol. The van der Waals surface area contributed by atoms with Crippen LogP contribution in [0.4, 0.5) is 34.1 Å². The van der Waals surface area contributed by atoms with Crippen LogP contribution in [-0.2, 0) is 27.1 Å². The number of hydrogen-bond acceptors (Lipinski definition) is 3. The SMILES string of the molecule is Cc1cc2c3c(c1)N(c1ccc4c(c1)C(C)(C)CCC4(C)C)c1c(sc4ccc(C(C)(C)C)cc14)B3c1cc(-c3ccccc3)ccc1N2c1cc2c(cc1-c1ccccc1)C(C)(C)CCC2(C)C. The molecule has 0 amide bonds. The summed E-state index contributed by atoms with van der Waals surface area (Å²) in [6.07, 6.45) is 4.70. The second kappa shape index (κ2) is 15.1. The Kier molecular flexibility index (Phi) is 9.70. The van der Waals surface area contributed by atoms with E-state index in [0.717, 1.165) is 6.42 Å². The summed E-state index contributed by atoms with van der Waals surface area (Å²) >= 11 is 2.01. The summed E-state index contributed by atoms with van der Waals surface area (Å²) in [7, 11) is 0. The highest BCUT2D eigenvalue weighted by Gasteiger charge is 2.47. The molecule has 8 aromatic rings. The van der Waals surface area contributed by atoms with E-state index in [2.05, 4.69) is 232 Å². The Bertz CT molecular complexity index is 3400. The van der Waals surface area contributed by atoms with Gasteiger partial charge in [0.15, 0.2) is 0 Å². The van der Waals surface area contributed by atoms with Crippen molar-refractivity contribution in [2.24, 2.45) is 0 Å². The van der Waals surface area contributed by atoms with Crippen molar-refractivity contribution in [3.63, 3.8) is 0 Å². The van der Waals surface area contributed by atoms with Crippen LogP contribution in [0.2, 0.25) is 0 Å². The van der Waals surface area contributed by atoms with Gasteiger partial charge in [0.05, 0.1) is 11.4 Å². The highest BCUT2D eigenvalue weighted by molar-refractivity contribution is 7.33. The molecule has 69 heavy (non-hydrogen) atoms. The highest BCUT2D eigenvalue weighted by Crippen LogP contribution is 2.55. The van der Waals surface area contributed by atoms with Gasteiger partial charge >= 0.3 is 0 Å². The molecule has 2 aliphatic heterocycles. The van der Waals surface area contributed by atoms with Crippen molar-refractivity contribution in [3.05, 3.63) is 173 Å². The molecule has 0 spiro atoms. The second-order valence-corrected chi connectivity index (χ2v) is 25.9. The summed E-state index contributed by atoms with van der Waals surface area (Å²) in [6.45, 7) is 29.1. The molecule has 346 valence electrons. The Labute approximate surface area is 416 Å². The molecule has 4 heteroatoms. The molecule has 1 aromatic heterocycles. The predicted molar refractivity (Wildman–Crippen MR) is 301 cm³/mol. The number of fused-ring (bicyclic) bond motifs is 8. The maximum atomic E-state index is 2.71. The summed E-state index contributed by atoms with van der Waals surface area (Å²) in [5.41, 5.74) is 24.3. The standard InChI is InChI=1S/C65H67BN2S/c1-40-33-55-58-56(34-40)68(54-39-51-50(64(9,10)31-32-65(51,11)12)38-46(54)42-21-17-14-18-22-42)53-27-23-43(41-19-15-13-16-20-41)35-52(53)66(58)60-59(47-36-44(61(2,3)4)24-28-57(47)69-60)67(55)45-25-26-48-49(37-45)63(7,8)30-29-62(48,5)6/h13-28,33-39H,29-32H2,1-12H3. The Balaban J connectivity index is 1.21. The van der Waals surface area contributed by atoms with Gasteiger partial charge in [0.1, 0.15) is 0 Å². The van der Waals surface area contributed by atoms with Gasteiger partial charge in [0, 0.05) is 43.2 Å². The fraction of sp³-hybridized carbons (Fsp3) is 0.323. The van der Waals surface area contributed by atoms with Gasteiger partial charge in [-0.3, -0.25) is 0 Å². The zero-order chi connectivity index (χ0) is 48.2. The molecule has 0 bridgehead atoms. The van der Waals surface area contributed by atoms with E-state index in [1.165, 1.54) is 135 Å². The Hall–Kier alpha value is -5.84. The number of hydrogen-bond donors (Lipinski definition) is 0. The van der Waals surface area contributed by atoms with E-state index < -0.39 is 0 Å². The van der Waals surface area contributed by atoms with E-state index in [1.807, 2.05) is 11.3 Å². The maximum absolute atomic E-state index is 2.71. The quantitative estimate of drug-likeness (QED) is 0.162. The predicted octanol–water partition coefficient (Wildman–Crippen LogP) is 16.6. The molecular formula is C65H67BN2S. The van der Waals surface area contributed by atoms with Crippen LogP contribution >= 0.6 is 11.3 Å². The Morgan fingerprint density at radius 1 is 0.493 bits per heavy atom. The molecule has 0 unspecified atom stereocenters. The molecule has 0 saturated heterocycles. The van der Waals surface area contributed by atoms with E-state index in [9.17, 15) is 0 Å². The number of benzene rings is 7. The fourth-order valence-electron chi connectivity index (χ4n) is 12.8. The third-order valence-corrected chi connectivity index (χ3v) is 18.4. The maximum Gasteiger partial charge on any atom is 0.264 e. The first-order valence-electron chi connectivity index (χ1n) is 25.6. The van der Waals surface area contributed by atoms with Crippen LogP contribution in [0.25, 0.3) is 32.3 Å². The van der Waals surface area contributed by atoms with Crippen LogP contribution in [0.15, 0.2) is 140 Å². The van der Waals surface area contributed by atoms with Crippen molar-refractivity contribution in [1.82, 2.24) is 0 Å². The molecule has 0 atom stereocenters. The number of aryl methyl sites for hydroxylation is 1. The van der Waals surface area contributed by atoms with Crippen molar-refractivity contribution in [3.8, 4) is 22.3 Å². The molecule has 0 saturated carbocycles. The summed E-state index contributed by atoms with van der Waals surface area (Å²) < 4.78 is 2.77. The summed E-state index contributed by atoms with van der Waals surface area (Å²) in [5.74, 6) is 0. The van der Waals surface area contributed by atoms with Crippen molar-refractivity contribution in [2.45, 2.75) is 136 Å². The lowest BCUT2D eigenvalue weighted by Crippen LogP contribution is -2.60. The number of anilines is 6. The molecule has 7 aromatic carbocycles. The van der Waals surface area contributed by atoms with Crippen molar-refractivity contribution in [1.29, 1.82) is 0 Å². The fourth-order valence-corrected chi connectivity index (χ4v) is 14.1. The average Bonchev–Trinajstić information content (AvgIpc) is 3.70.